The fourth-order valence-electron chi connectivity index (χ4n) is 3.51. The normalized spacial score (nSPS) is 20.9. The Bertz CT molecular complexity index is 661. The van der Waals surface area contributed by atoms with Crippen LogP contribution in [0.25, 0.3) is 0 Å². The number of thiophene rings is 1. The molecule has 3 heterocycles. The predicted molar refractivity (Wildman–Crippen MR) is 86.3 cm³/mol. The van der Waals surface area contributed by atoms with Crippen LogP contribution in [-0.4, -0.2) is 33.9 Å². The number of rotatable bonds is 2. The minimum Gasteiger partial charge on any atom is -0.337 e. The van der Waals surface area contributed by atoms with E-state index in [-0.39, 0.29) is 5.91 Å². The van der Waals surface area contributed by atoms with Crippen LogP contribution in [0.2, 0.25) is 0 Å². The highest BCUT2D eigenvalue weighted by Crippen LogP contribution is 2.32. The zero-order valence-corrected chi connectivity index (χ0v) is 13.3. The molecule has 0 spiro atoms. The third-order valence-electron chi connectivity index (χ3n) is 4.67. The summed E-state index contributed by atoms with van der Waals surface area (Å²) in [5.41, 5.74) is 2.41. The number of amides is 1. The third-order valence-corrected chi connectivity index (χ3v) is 5.89. The predicted octanol–water partition coefficient (Wildman–Crippen LogP) is 3.05. The zero-order chi connectivity index (χ0) is 14.9. The van der Waals surface area contributed by atoms with E-state index < -0.39 is 0 Å². The molecule has 4 nitrogen and oxygen atoms in total. The van der Waals surface area contributed by atoms with Gasteiger partial charge in [0.05, 0.1) is 10.6 Å². The van der Waals surface area contributed by atoms with Gasteiger partial charge >= 0.3 is 0 Å². The maximum atomic E-state index is 12.8. The number of aromatic nitrogens is 2. The summed E-state index contributed by atoms with van der Waals surface area (Å²) >= 11 is 1.70. The first-order chi connectivity index (χ1) is 10.8. The van der Waals surface area contributed by atoms with Gasteiger partial charge in [-0.25, -0.2) is 0 Å². The molecule has 1 aliphatic carbocycles. The minimum absolute atomic E-state index is 0.202. The van der Waals surface area contributed by atoms with Gasteiger partial charge in [-0.2, -0.15) is 0 Å². The van der Waals surface area contributed by atoms with Crippen molar-refractivity contribution >= 4 is 17.2 Å². The van der Waals surface area contributed by atoms with E-state index >= 15 is 0 Å². The Morgan fingerprint density at radius 3 is 3.05 bits per heavy atom. The van der Waals surface area contributed by atoms with E-state index in [1.54, 1.807) is 23.7 Å². The summed E-state index contributed by atoms with van der Waals surface area (Å²) < 4.78 is 0. The van der Waals surface area contributed by atoms with Gasteiger partial charge in [-0.3, -0.25) is 14.8 Å². The molecule has 22 heavy (non-hydrogen) atoms. The molecule has 1 aliphatic heterocycles. The zero-order valence-electron chi connectivity index (χ0n) is 12.5. The van der Waals surface area contributed by atoms with Crippen molar-refractivity contribution in [1.82, 2.24) is 14.9 Å². The highest BCUT2D eigenvalue weighted by Gasteiger charge is 2.28. The van der Waals surface area contributed by atoms with Gasteiger partial charge in [-0.05, 0) is 43.7 Å². The number of hydrogen-bond donors (Lipinski definition) is 0. The van der Waals surface area contributed by atoms with Crippen molar-refractivity contribution in [3.8, 4) is 0 Å². The van der Waals surface area contributed by atoms with Gasteiger partial charge in [0, 0.05) is 42.5 Å². The average Bonchev–Trinajstić information content (AvgIpc) is 3.17. The third kappa shape index (κ3) is 2.54. The topological polar surface area (TPSA) is 46.1 Å². The van der Waals surface area contributed by atoms with Crippen LogP contribution in [0, 0.1) is 0 Å². The highest BCUT2D eigenvalue weighted by atomic mass is 32.1. The maximum absolute atomic E-state index is 12.8. The second kappa shape index (κ2) is 5.80. The van der Waals surface area contributed by atoms with Crippen molar-refractivity contribution in [2.45, 2.75) is 38.0 Å². The number of piperidine rings is 1. The lowest BCUT2D eigenvalue weighted by Gasteiger charge is -2.32. The number of carbonyl (C=O) groups excluding carboxylic acids is 1. The summed E-state index contributed by atoms with van der Waals surface area (Å²) in [7, 11) is 0. The van der Waals surface area contributed by atoms with Gasteiger partial charge in [0.15, 0.2) is 0 Å². The largest absolute Gasteiger partial charge is 0.337 e. The Kier molecular flexibility index (Phi) is 3.66. The summed E-state index contributed by atoms with van der Waals surface area (Å²) in [5, 5.41) is 0. The van der Waals surface area contributed by atoms with Crippen LogP contribution in [0.4, 0.5) is 0 Å². The monoisotopic (exact) mass is 313 g/mol. The number of carbonyl (C=O) groups is 1. The van der Waals surface area contributed by atoms with Crippen molar-refractivity contribution in [2.24, 2.45) is 0 Å². The van der Waals surface area contributed by atoms with Crippen LogP contribution in [0.5, 0.6) is 0 Å². The van der Waals surface area contributed by atoms with Gasteiger partial charge in [0.1, 0.15) is 0 Å². The van der Waals surface area contributed by atoms with Crippen molar-refractivity contribution < 1.29 is 4.79 Å². The summed E-state index contributed by atoms with van der Waals surface area (Å²) in [4.78, 5) is 25.7. The SMILES string of the molecule is O=C(c1cc2c(s1)CCC2)N1CCC[C@@H](c2cnccn2)C1. The molecular weight excluding hydrogens is 294 g/mol. The van der Waals surface area contributed by atoms with Crippen LogP contribution >= 0.6 is 11.3 Å². The Hall–Kier alpha value is -1.75. The second-order valence-electron chi connectivity index (χ2n) is 6.13. The molecule has 1 saturated heterocycles. The molecule has 0 unspecified atom stereocenters. The van der Waals surface area contributed by atoms with Crippen molar-refractivity contribution in [3.05, 3.63) is 45.7 Å². The van der Waals surface area contributed by atoms with E-state index in [4.69, 9.17) is 0 Å². The first-order valence-electron chi connectivity index (χ1n) is 7.98. The number of nitrogens with zero attached hydrogens (tertiary/aromatic N) is 3. The molecule has 5 heteroatoms. The minimum atomic E-state index is 0.202. The standard InChI is InChI=1S/C17H19N3OS/c21-17(16-9-12-3-1-5-15(12)22-16)20-8-2-4-13(11-20)14-10-18-6-7-19-14/h6-7,9-10,13H,1-5,8,11H2/t13-/m1/s1. The summed E-state index contributed by atoms with van der Waals surface area (Å²) in [6.07, 6.45) is 10.9. The van der Waals surface area contributed by atoms with Crippen LogP contribution in [0.1, 0.15) is 51.0 Å². The molecule has 0 saturated carbocycles. The molecule has 2 aromatic heterocycles. The Morgan fingerprint density at radius 2 is 2.23 bits per heavy atom. The molecule has 1 fully saturated rings. The lowest BCUT2D eigenvalue weighted by atomic mass is 9.95. The molecule has 0 radical (unpaired) electrons. The van der Waals surface area contributed by atoms with Crippen LogP contribution in [-0.2, 0) is 12.8 Å². The molecule has 0 N–H and O–H groups in total. The lowest BCUT2D eigenvalue weighted by molar-refractivity contribution is 0.0710. The molecular formula is C17H19N3OS. The lowest BCUT2D eigenvalue weighted by Crippen LogP contribution is -2.39. The van der Waals surface area contributed by atoms with E-state index in [0.717, 1.165) is 49.3 Å². The van der Waals surface area contributed by atoms with Crippen LogP contribution in [0.15, 0.2) is 24.7 Å². The van der Waals surface area contributed by atoms with Crippen molar-refractivity contribution in [1.29, 1.82) is 0 Å². The maximum Gasteiger partial charge on any atom is 0.263 e. The Balaban J connectivity index is 1.50. The smallest absolute Gasteiger partial charge is 0.263 e. The van der Waals surface area contributed by atoms with Gasteiger partial charge in [-0.15, -0.1) is 11.3 Å². The van der Waals surface area contributed by atoms with E-state index in [1.807, 2.05) is 11.1 Å². The quantitative estimate of drug-likeness (QED) is 0.856. The number of aryl methyl sites for hydroxylation is 2. The molecule has 114 valence electrons. The Morgan fingerprint density at radius 1 is 1.27 bits per heavy atom. The van der Waals surface area contributed by atoms with Crippen LogP contribution in [0.3, 0.4) is 0 Å². The number of likely N-dealkylation sites (tertiary alicyclic amines) is 1. The van der Waals surface area contributed by atoms with E-state index in [2.05, 4.69) is 16.0 Å². The first kappa shape index (κ1) is 13.9. The van der Waals surface area contributed by atoms with E-state index in [0.29, 0.717) is 5.92 Å². The van der Waals surface area contributed by atoms with E-state index in [9.17, 15) is 4.79 Å². The van der Waals surface area contributed by atoms with Crippen molar-refractivity contribution in [2.75, 3.05) is 13.1 Å². The molecule has 0 bridgehead atoms. The second-order valence-corrected chi connectivity index (χ2v) is 7.27. The molecule has 2 aliphatic rings. The van der Waals surface area contributed by atoms with Gasteiger partial charge in [0.2, 0.25) is 0 Å². The van der Waals surface area contributed by atoms with Gasteiger partial charge in [0.25, 0.3) is 5.91 Å². The molecule has 0 aromatic carbocycles. The fourth-order valence-corrected chi connectivity index (χ4v) is 4.74. The number of fused-ring (bicyclic) bond motifs is 1. The van der Waals surface area contributed by atoms with Crippen LogP contribution < -0.4 is 0 Å². The molecule has 1 atom stereocenters. The molecule has 4 rings (SSSR count). The molecule has 1 amide bonds. The molecule has 2 aromatic rings. The van der Waals surface area contributed by atoms with Gasteiger partial charge in [-0.1, -0.05) is 0 Å². The summed E-state index contributed by atoms with van der Waals surface area (Å²) in [6, 6.07) is 2.13. The number of hydrogen-bond acceptors (Lipinski definition) is 4. The summed E-state index contributed by atoms with van der Waals surface area (Å²) in [5.74, 6) is 0.520. The first-order valence-corrected chi connectivity index (χ1v) is 8.79. The van der Waals surface area contributed by atoms with E-state index in [1.165, 1.54) is 16.9 Å². The highest BCUT2D eigenvalue weighted by molar-refractivity contribution is 7.14. The van der Waals surface area contributed by atoms with Gasteiger partial charge < -0.3 is 4.90 Å². The summed E-state index contributed by atoms with van der Waals surface area (Å²) in [6.45, 7) is 1.62. The Labute approximate surface area is 134 Å². The fraction of sp³-hybridized carbons (Fsp3) is 0.471. The average molecular weight is 313 g/mol. The van der Waals surface area contributed by atoms with Crippen molar-refractivity contribution in [3.63, 3.8) is 0 Å².